The first-order valence-corrected chi connectivity index (χ1v) is 12.5. The fourth-order valence-corrected chi connectivity index (χ4v) is 4.73. The topological polar surface area (TPSA) is 118 Å². The third-order valence-electron chi connectivity index (χ3n) is 6.24. The van der Waals surface area contributed by atoms with Gasteiger partial charge in [-0.2, -0.15) is 4.68 Å². The number of carbonyl (C=O) groups is 2. The zero-order chi connectivity index (χ0) is 24.7. The maximum absolute atomic E-state index is 13.6. The Morgan fingerprint density at radius 2 is 2.11 bits per heavy atom. The summed E-state index contributed by atoms with van der Waals surface area (Å²) < 4.78 is 6.31. The van der Waals surface area contributed by atoms with Crippen molar-refractivity contribution in [2.75, 3.05) is 43.2 Å². The third-order valence-corrected chi connectivity index (χ3v) is 6.80. The molecule has 0 spiro atoms. The number of anilines is 2. The van der Waals surface area contributed by atoms with E-state index in [2.05, 4.69) is 20.0 Å². The van der Waals surface area contributed by atoms with Gasteiger partial charge < -0.3 is 19.1 Å². The van der Waals surface area contributed by atoms with Crippen LogP contribution in [0.5, 0.6) is 0 Å². The molecule has 3 aromatic rings. The molecule has 1 atom stereocenters. The summed E-state index contributed by atoms with van der Waals surface area (Å²) >= 11 is 1.45. The predicted molar refractivity (Wildman–Crippen MR) is 131 cm³/mol. The number of aromatic nitrogens is 4. The van der Waals surface area contributed by atoms with Crippen molar-refractivity contribution in [3.63, 3.8) is 0 Å². The molecule has 0 aliphatic carbocycles. The number of fused-ring (bicyclic) bond motifs is 3. The molecule has 1 saturated heterocycles. The molecule has 1 unspecified atom stereocenters. The summed E-state index contributed by atoms with van der Waals surface area (Å²) in [4.78, 5) is 52.2. The van der Waals surface area contributed by atoms with E-state index in [1.807, 2.05) is 12.3 Å². The Morgan fingerprint density at radius 1 is 1.29 bits per heavy atom. The fraction of sp³-hybridized carbons (Fsp3) is 0.391. The van der Waals surface area contributed by atoms with Gasteiger partial charge in [0.15, 0.2) is 5.16 Å². The minimum absolute atomic E-state index is 0.0847. The highest BCUT2D eigenvalue weighted by molar-refractivity contribution is 7.98. The van der Waals surface area contributed by atoms with Crippen molar-refractivity contribution in [1.29, 1.82) is 0 Å². The van der Waals surface area contributed by atoms with Crippen molar-refractivity contribution >= 4 is 35.1 Å². The SMILES string of the molecule is CSc1ncc2c(n1)N1CCCC1CN(c1cccc(-c3nn(CC(=O)N(C)C)c(=O)o3)c1)C2=O. The van der Waals surface area contributed by atoms with Crippen molar-refractivity contribution in [3.05, 3.63) is 46.6 Å². The van der Waals surface area contributed by atoms with E-state index in [-0.39, 0.29) is 30.3 Å². The molecule has 11 nitrogen and oxygen atoms in total. The molecule has 2 aromatic heterocycles. The van der Waals surface area contributed by atoms with Crippen LogP contribution in [0.15, 0.2) is 44.8 Å². The molecule has 1 fully saturated rings. The maximum Gasteiger partial charge on any atom is 0.437 e. The standard InChI is InChI=1S/C23H25N7O4S/c1-27(2)18(31)13-30-23(33)34-20(26-30)14-6-4-7-15(10-14)29-12-16-8-5-9-28(16)19-17(21(29)32)11-24-22(25-19)35-3/h4,6-7,10-11,16H,5,8-9,12-13H2,1-3H3. The lowest BCUT2D eigenvalue weighted by Crippen LogP contribution is -2.39. The van der Waals surface area contributed by atoms with Gasteiger partial charge in [-0.05, 0) is 37.3 Å². The highest BCUT2D eigenvalue weighted by Crippen LogP contribution is 2.35. The van der Waals surface area contributed by atoms with Crippen molar-refractivity contribution in [3.8, 4) is 11.5 Å². The number of hydrogen-bond donors (Lipinski definition) is 0. The predicted octanol–water partition coefficient (Wildman–Crippen LogP) is 1.73. The first kappa shape index (κ1) is 23.1. The molecule has 0 radical (unpaired) electrons. The molecule has 5 rings (SSSR count). The van der Waals surface area contributed by atoms with Crippen LogP contribution in [-0.2, 0) is 11.3 Å². The number of rotatable bonds is 5. The number of amides is 2. The normalized spacial score (nSPS) is 17.2. The Morgan fingerprint density at radius 3 is 2.89 bits per heavy atom. The Labute approximate surface area is 205 Å². The van der Waals surface area contributed by atoms with Crippen LogP contribution in [0.3, 0.4) is 0 Å². The number of likely N-dealkylation sites (N-methyl/N-ethyl adjacent to an activating group) is 1. The molecule has 4 heterocycles. The van der Waals surface area contributed by atoms with Gasteiger partial charge in [-0.15, -0.1) is 5.10 Å². The molecule has 2 amide bonds. The van der Waals surface area contributed by atoms with Gasteiger partial charge in [0.05, 0.1) is 0 Å². The molecule has 35 heavy (non-hydrogen) atoms. The Hall–Kier alpha value is -3.67. The van der Waals surface area contributed by atoms with E-state index in [1.165, 1.54) is 16.7 Å². The van der Waals surface area contributed by atoms with Crippen LogP contribution < -0.4 is 15.6 Å². The van der Waals surface area contributed by atoms with Gasteiger partial charge in [-0.1, -0.05) is 17.8 Å². The maximum atomic E-state index is 13.6. The summed E-state index contributed by atoms with van der Waals surface area (Å²) in [6.45, 7) is 1.13. The van der Waals surface area contributed by atoms with Gasteiger partial charge in [0.2, 0.25) is 11.8 Å². The summed E-state index contributed by atoms with van der Waals surface area (Å²) in [6.07, 6.45) is 5.51. The van der Waals surface area contributed by atoms with Crippen LogP contribution in [0.1, 0.15) is 23.2 Å². The van der Waals surface area contributed by atoms with Gasteiger partial charge in [0.1, 0.15) is 17.9 Å². The van der Waals surface area contributed by atoms with E-state index in [9.17, 15) is 14.4 Å². The number of nitrogens with zero attached hydrogens (tertiary/aromatic N) is 7. The molecule has 2 aliphatic rings. The number of thioether (sulfide) groups is 1. The average Bonchev–Trinajstić information content (AvgIpc) is 3.45. The van der Waals surface area contributed by atoms with Crippen LogP contribution in [0.4, 0.5) is 11.5 Å². The van der Waals surface area contributed by atoms with E-state index in [0.29, 0.717) is 34.3 Å². The Balaban J connectivity index is 1.50. The summed E-state index contributed by atoms with van der Waals surface area (Å²) in [5.74, 6) is -0.402. The van der Waals surface area contributed by atoms with Gasteiger partial charge in [-0.25, -0.2) is 14.8 Å². The van der Waals surface area contributed by atoms with Crippen molar-refractivity contribution in [1.82, 2.24) is 24.6 Å². The fourth-order valence-electron chi connectivity index (χ4n) is 4.39. The van der Waals surface area contributed by atoms with Gasteiger partial charge in [0.25, 0.3) is 5.91 Å². The summed E-state index contributed by atoms with van der Waals surface area (Å²) in [6, 6.07) is 7.28. The van der Waals surface area contributed by atoms with Crippen molar-refractivity contribution in [2.24, 2.45) is 0 Å². The highest BCUT2D eigenvalue weighted by atomic mass is 32.2. The van der Waals surface area contributed by atoms with Gasteiger partial charge in [0, 0.05) is 50.7 Å². The number of carbonyl (C=O) groups excluding carboxylic acids is 2. The minimum Gasteiger partial charge on any atom is -0.388 e. The van der Waals surface area contributed by atoms with E-state index in [4.69, 9.17) is 4.42 Å². The van der Waals surface area contributed by atoms with E-state index < -0.39 is 5.76 Å². The largest absolute Gasteiger partial charge is 0.437 e. The molecular formula is C23H25N7O4S. The molecule has 12 heteroatoms. The van der Waals surface area contributed by atoms with Gasteiger partial charge >= 0.3 is 5.76 Å². The highest BCUT2D eigenvalue weighted by Gasteiger charge is 2.37. The lowest BCUT2D eigenvalue weighted by molar-refractivity contribution is -0.129. The monoisotopic (exact) mass is 495 g/mol. The lowest BCUT2D eigenvalue weighted by Gasteiger charge is -2.27. The molecule has 1 aromatic carbocycles. The van der Waals surface area contributed by atoms with E-state index in [0.717, 1.165) is 24.1 Å². The molecule has 0 N–H and O–H groups in total. The molecular weight excluding hydrogens is 470 g/mol. The minimum atomic E-state index is -0.719. The van der Waals surface area contributed by atoms with Crippen LogP contribution in [0.25, 0.3) is 11.5 Å². The Kier molecular flexibility index (Phi) is 6.05. The smallest absolute Gasteiger partial charge is 0.388 e. The van der Waals surface area contributed by atoms with Crippen LogP contribution >= 0.6 is 11.8 Å². The quantitative estimate of drug-likeness (QED) is 0.385. The zero-order valence-corrected chi connectivity index (χ0v) is 20.5. The van der Waals surface area contributed by atoms with Crippen LogP contribution in [0.2, 0.25) is 0 Å². The second-order valence-electron chi connectivity index (χ2n) is 8.67. The summed E-state index contributed by atoms with van der Waals surface area (Å²) in [7, 11) is 3.21. The van der Waals surface area contributed by atoms with E-state index in [1.54, 1.807) is 43.4 Å². The molecule has 0 bridgehead atoms. The second kappa shape index (κ2) is 9.17. The van der Waals surface area contributed by atoms with Crippen molar-refractivity contribution < 1.29 is 14.0 Å². The van der Waals surface area contributed by atoms with Crippen molar-refractivity contribution in [2.45, 2.75) is 30.6 Å². The summed E-state index contributed by atoms with van der Waals surface area (Å²) in [5, 5.41) is 4.83. The number of hydrogen-bond acceptors (Lipinski definition) is 9. The van der Waals surface area contributed by atoms with Crippen LogP contribution in [0, 0.1) is 0 Å². The first-order valence-electron chi connectivity index (χ1n) is 11.2. The number of benzene rings is 1. The zero-order valence-electron chi connectivity index (χ0n) is 19.7. The third kappa shape index (κ3) is 4.29. The lowest BCUT2D eigenvalue weighted by atomic mass is 10.1. The molecule has 0 saturated carbocycles. The van der Waals surface area contributed by atoms with Gasteiger partial charge in [-0.3, -0.25) is 9.59 Å². The molecule has 182 valence electrons. The summed E-state index contributed by atoms with van der Waals surface area (Å²) in [5.41, 5.74) is 1.66. The molecule has 2 aliphatic heterocycles. The van der Waals surface area contributed by atoms with E-state index >= 15 is 0 Å². The van der Waals surface area contributed by atoms with Crippen LogP contribution in [-0.4, -0.2) is 75.9 Å². The first-order chi connectivity index (χ1) is 16.9. The second-order valence-corrected chi connectivity index (χ2v) is 9.44. The average molecular weight is 496 g/mol. The Bertz CT molecular complexity index is 1350.